The molecule has 2 aliphatic rings. The fraction of sp³-hybridized carbons (Fsp3) is 0.259. The fourth-order valence-corrected chi connectivity index (χ4v) is 4.51. The highest BCUT2D eigenvalue weighted by molar-refractivity contribution is 6.13. The van der Waals surface area contributed by atoms with Crippen LogP contribution in [0.15, 0.2) is 55.2 Å². The lowest BCUT2D eigenvalue weighted by molar-refractivity contribution is -0.103. The second-order valence-corrected chi connectivity index (χ2v) is 8.63. The maximum atomic E-state index is 13.3. The number of aromatic amines is 1. The zero-order valence-corrected chi connectivity index (χ0v) is 19.3. The molecule has 5 rings (SSSR count). The van der Waals surface area contributed by atoms with Gasteiger partial charge in [0.1, 0.15) is 18.2 Å². The summed E-state index contributed by atoms with van der Waals surface area (Å²) in [6.45, 7) is 9.13. The van der Waals surface area contributed by atoms with Crippen molar-refractivity contribution in [2.24, 2.45) is 0 Å². The summed E-state index contributed by atoms with van der Waals surface area (Å²) in [5.41, 5.74) is 3.59. The summed E-state index contributed by atoms with van der Waals surface area (Å²) in [6, 6.07) is 11.1. The smallest absolute Gasteiger partial charge is 0.258 e. The number of morpholine rings is 1. The third-order valence-electron chi connectivity index (χ3n) is 6.33. The molecule has 2 aromatic carbocycles. The molecule has 7 nitrogen and oxygen atoms in total. The standard InChI is InChI=1S/C27H26FN3O4/c1-18-15-31(27(33)19-2-4-21(28)5-3-19)16-20(17-32)26-25(18)23-7-6-22(14-24(23)29-26)35-13-10-30-8-11-34-12-9-30/h2-7,14,16-17,29H,1,8-13,15H2. The van der Waals surface area contributed by atoms with Gasteiger partial charge < -0.3 is 19.4 Å². The minimum Gasteiger partial charge on any atom is -0.492 e. The number of amides is 1. The van der Waals surface area contributed by atoms with Crippen LogP contribution in [0.4, 0.5) is 4.39 Å². The highest BCUT2D eigenvalue weighted by Gasteiger charge is 2.26. The number of allylic oxidation sites excluding steroid dienone is 1. The van der Waals surface area contributed by atoms with E-state index >= 15 is 0 Å². The highest BCUT2D eigenvalue weighted by Crippen LogP contribution is 2.36. The highest BCUT2D eigenvalue weighted by atomic mass is 19.1. The zero-order valence-electron chi connectivity index (χ0n) is 19.3. The Morgan fingerprint density at radius 2 is 1.94 bits per heavy atom. The summed E-state index contributed by atoms with van der Waals surface area (Å²) in [4.78, 5) is 32.1. The normalized spacial score (nSPS) is 16.5. The van der Waals surface area contributed by atoms with Crippen LogP contribution in [0, 0.1) is 5.82 Å². The Morgan fingerprint density at radius 3 is 2.69 bits per heavy atom. The SMILES string of the molecule is C=C1CN(C(=O)c2ccc(F)cc2)C=C(C=O)c2[nH]c3cc(OCCN4CCOCC4)ccc3c21. The number of benzene rings is 2. The zero-order chi connectivity index (χ0) is 24.4. The number of nitrogens with zero attached hydrogens (tertiary/aromatic N) is 2. The minimum atomic E-state index is -0.420. The molecule has 1 N–H and O–H groups in total. The molecule has 0 saturated carbocycles. The number of halogens is 1. The van der Waals surface area contributed by atoms with Gasteiger partial charge in [-0.2, -0.15) is 0 Å². The number of nitrogens with one attached hydrogen (secondary N) is 1. The fourth-order valence-electron chi connectivity index (χ4n) is 4.51. The molecule has 1 aromatic heterocycles. The summed E-state index contributed by atoms with van der Waals surface area (Å²) in [5.74, 6) is -0.0229. The number of aromatic nitrogens is 1. The quantitative estimate of drug-likeness (QED) is 0.550. The number of hydrogen-bond acceptors (Lipinski definition) is 5. The third-order valence-corrected chi connectivity index (χ3v) is 6.33. The van der Waals surface area contributed by atoms with Crippen LogP contribution in [-0.4, -0.2) is 73.0 Å². The van der Waals surface area contributed by atoms with Crippen LogP contribution >= 0.6 is 0 Å². The van der Waals surface area contributed by atoms with Gasteiger partial charge in [0, 0.05) is 48.4 Å². The van der Waals surface area contributed by atoms with Crippen LogP contribution in [-0.2, 0) is 9.53 Å². The van der Waals surface area contributed by atoms with Crippen LogP contribution in [0.25, 0.3) is 22.0 Å². The first kappa shape index (κ1) is 23.0. The number of carbonyl (C=O) groups is 2. The Kier molecular flexibility index (Phi) is 6.48. The van der Waals surface area contributed by atoms with E-state index < -0.39 is 5.82 Å². The first-order valence-corrected chi connectivity index (χ1v) is 11.5. The van der Waals surface area contributed by atoms with Crippen LogP contribution in [0.2, 0.25) is 0 Å². The molecule has 8 heteroatoms. The van der Waals surface area contributed by atoms with Crippen molar-refractivity contribution in [3.05, 3.63) is 77.9 Å². The molecule has 0 aliphatic carbocycles. The molecular formula is C27H26FN3O4. The largest absolute Gasteiger partial charge is 0.492 e. The Labute approximate surface area is 202 Å². The first-order chi connectivity index (χ1) is 17.0. The minimum absolute atomic E-state index is 0.200. The van der Waals surface area contributed by atoms with Gasteiger partial charge in [0.2, 0.25) is 0 Å². The average Bonchev–Trinajstić information content (AvgIpc) is 3.19. The van der Waals surface area contributed by atoms with Crippen molar-refractivity contribution in [2.75, 3.05) is 46.0 Å². The number of carbonyl (C=O) groups excluding carboxylic acids is 2. The molecule has 0 spiro atoms. The number of aldehydes is 1. The van der Waals surface area contributed by atoms with E-state index in [2.05, 4.69) is 16.5 Å². The lowest BCUT2D eigenvalue weighted by atomic mass is 10.0. The van der Waals surface area contributed by atoms with E-state index in [0.29, 0.717) is 29.0 Å². The first-order valence-electron chi connectivity index (χ1n) is 11.5. The van der Waals surface area contributed by atoms with Gasteiger partial charge in [0.05, 0.1) is 36.5 Å². The van der Waals surface area contributed by atoms with Gasteiger partial charge in [-0.3, -0.25) is 14.5 Å². The second-order valence-electron chi connectivity index (χ2n) is 8.63. The van der Waals surface area contributed by atoms with Crippen molar-refractivity contribution in [3.8, 4) is 5.75 Å². The van der Waals surface area contributed by atoms with Crippen LogP contribution in [0.1, 0.15) is 21.6 Å². The van der Waals surface area contributed by atoms with Crippen LogP contribution in [0.3, 0.4) is 0 Å². The number of H-pyrrole nitrogens is 1. The Morgan fingerprint density at radius 1 is 1.17 bits per heavy atom. The molecule has 0 atom stereocenters. The Bertz CT molecular complexity index is 1310. The number of ether oxygens (including phenoxy) is 2. The molecule has 3 heterocycles. The summed E-state index contributed by atoms with van der Waals surface area (Å²) in [7, 11) is 0. The Hall–Kier alpha value is -3.75. The summed E-state index contributed by atoms with van der Waals surface area (Å²) < 4.78 is 24.6. The molecule has 1 fully saturated rings. The maximum absolute atomic E-state index is 13.3. The summed E-state index contributed by atoms with van der Waals surface area (Å²) in [6.07, 6.45) is 2.24. The molecular weight excluding hydrogens is 449 g/mol. The predicted molar refractivity (Wildman–Crippen MR) is 132 cm³/mol. The van der Waals surface area contributed by atoms with Crippen molar-refractivity contribution in [1.82, 2.24) is 14.8 Å². The summed E-state index contributed by atoms with van der Waals surface area (Å²) >= 11 is 0. The van der Waals surface area contributed by atoms with Crippen molar-refractivity contribution >= 4 is 34.2 Å². The Balaban J connectivity index is 1.39. The molecule has 0 radical (unpaired) electrons. The van der Waals surface area contributed by atoms with E-state index in [1.807, 2.05) is 18.2 Å². The van der Waals surface area contributed by atoms with E-state index in [1.54, 1.807) is 0 Å². The maximum Gasteiger partial charge on any atom is 0.258 e. The molecule has 1 saturated heterocycles. The lowest BCUT2D eigenvalue weighted by Gasteiger charge is -2.26. The van der Waals surface area contributed by atoms with E-state index in [-0.39, 0.29) is 12.5 Å². The van der Waals surface area contributed by atoms with Gasteiger partial charge in [-0.25, -0.2) is 4.39 Å². The van der Waals surface area contributed by atoms with Gasteiger partial charge in [0.25, 0.3) is 5.91 Å². The van der Waals surface area contributed by atoms with Crippen LogP contribution in [0.5, 0.6) is 5.75 Å². The molecule has 1 amide bonds. The van der Waals surface area contributed by atoms with Gasteiger partial charge in [-0.15, -0.1) is 0 Å². The van der Waals surface area contributed by atoms with Gasteiger partial charge in [-0.05, 0) is 42.0 Å². The second kappa shape index (κ2) is 9.85. The van der Waals surface area contributed by atoms with Gasteiger partial charge >= 0.3 is 0 Å². The molecule has 2 aliphatic heterocycles. The molecule has 0 unspecified atom stereocenters. The van der Waals surface area contributed by atoms with Gasteiger partial charge in [0.15, 0.2) is 6.29 Å². The number of fused-ring (bicyclic) bond motifs is 3. The molecule has 3 aromatic rings. The predicted octanol–water partition coefficient (Wildman–Crippen LogP) is 3.73. The van der Waals surface area contributed by atoms with Crippen molar-refractivity contribution in [3.63, 3.8) is 0 Å². The number of rotatable bonds is 6. The van der Waals surface area contributed by atoms with E-state index in [9.17, 15) is 14.0 Å². The third kappa shape index (κ3) is 4.76. The van der Waals surface area contributed by atoms with Crippen LogP contribution < -0.4 is 4.74 Å². The molecule has 0 bridgehead atoms. The van der Waals surface area contributed by atoms with Gasteiger partial charge in [-0.1, -0.05) is 6.58 Å². The van der Waals surface area contributed by atoms with Crippen molar-refractivity contribution < 1.29 is 23.5 Å². The molecule has 35 heavy (non-hydrogen) atoms. The topological polar surface area (TPSA) is 74.9 Å². The lowest BCUT2D eigenvalue weighted by Crippen LogP contribution is -2.38. The van der Waals surface area contributed by atoms with E-state index in [4.69, 9.17) is 9.47 Å². The van der Waals surface area contributed by atoms with E-state index in [1.165, 1.54) is 35.4 Å². The molecule has 180 valence electrons. The average molecular weight is 476 g/mol. The number of hydrogen-bond donors (Lipinski definition) is 1. The van der Waals surface area contributed by atoms with Crippen molar-refractivity contribution in [1.29, 1.82) is 0 Å². The van der Waals surface area contributed by atoms with Crippen molar-refractivity contribution in [2.45, 2.75) is 0 Å². The monoisotopic (exact) mass is 475 g/mol. The van der Waals surface area contributed by atoms with E-state index in [0.717, 1.165) is 61.4 Å². The summed E-state index contributed by atoms with van der Waals surface area (Å²) in [5, 5.41) is 0.898.